The van der Waals surface area contributed by atoms with Crippen molar-refractivity contribution in [1.82, 2.24) is 24.3 Å². The van der Waals surface area contributed by atoms with E-state index in [1.54, 1.807) is 43.1 Å². The lowest BCUT2D eigenvalue weighted by atomic mass is 9.81. The smallest absolute Gasteiger partial charge is 0.312 e. The van der Waals surface area contributed by atoms with Crippen molar-refractivity contribution in [2.45, 2.75) is 71.7 Å². The molecule has 0 amide bonds. The summed E-state index contributed by atoms with van der Waals surface area (Å²) in [4.78, 5) is 16.8. The summed E-state index contributed by atoms with van der Waals surface area (Å²) in [5, 5.41) is 18.1. The molecular formula is C27H35N5O5S. The van der Waals surface area contributed by atoms with E-state index >= 15 is 0 Å². The standard InChI is InChI=1S/C27H35N5O5S/c1-6-31-16-22(29-30-31)17-37-25(27(4,5)26(33)34)20-10-9-19(3)21(13-20)15-32-14-18(2)12-23-24(38(32,35)36)8-7-11-28-23/h7-11,13,16,18,25H,6,12,14-15,17H2,1-5H3,(H,33,34)/t18-,25?/m0/s1. The van der Waals surface area contributed by atoms with Crippen LogP contribution in [0.5, 0.6) is 0 Å². The number of carboxylic acid groups (broad SMARTS) is 1. The van der Waals surface area contributed by atoms with Crippen LogP contribution < -0.4 is 0 Å². The predicted octanol–water partition coefficient (Wildman–Crippen LogP) is 3.75. The number of rotatable bonds is 9. The van der Waals surface area contributed by atoms with Crippen LogP contribution in [0.2, 0.25) is 0 Å². The summed E-state index contributed by atoms with van der Waals surface area (Å²) in [6, 6.07) is 8.85. The van der Waals surface area contributed by atoms with Crippen LogP contribution in [0.25, 0.3) is 0 Å². The minimum Gasteiger partial charge on any atom is -0.481 e. The Labute approximate surface area is 223 Å². The van der Waals surface area contributed by atoms with E-state index in [2.05, 4.69) is 15.3 Å². The van der Waals surface area contributed by atoms with E-state index in [1.807, 2.05) is 39.0 Å². The monoisotopic (exact) mass is 541 g/mol. The van der Waals surface area contributed by atoms with Gasteiger partial charge in [0.2, 0.25) is 10.0 Å². The number of nitrogens with zero attached hydrogens (tertiary/aromatic N) is 5. The number of hydrogen-bond donors (Lipinski definition) is 1. The zero-order chi connectivity index (χ0) is 27.7. The van der Waals surface area contributed by atoms with Gasteiger partial charge in [0, 0.05) is 25.8 Å². The number of ether oxygens (including phenoxy) is 1. The van der Waals surface area contributed by atoms with Crippen molar-refractivity contribution in [3.05, 3.63) is 70.8 Å². The molecule has 11 heteroatoms. The third kappa shape index (κ3) is 5.64. The topological polar surface area (TPSA) is 128 Å². The molecule has 2 aromatic heterocycles. The fourth-order valence-corrected chi connectivity index (χ4v) is 6.44. The zero-order valence-electron chi connectivity index (χ0n) is 22.5. The Balaban J connectivity index is 1.67. The highest BCUT2D eigenvalue weighted by Gasteiger charge is 2.40. The van der Waals surface area contributed by atoms with Gasteiger partial charge in [-0.25, -0.2) is 8.42 Å². The molecule has 0 fully saturated rings. The second-order valence-corrected chi connectivity index (χ2v) is 12.4. The molecule has 1 N–H and O–H groups in total. The molecular weight excluding hydrogens is 506 g/mol. The number of aliphatic carboxylic acids is 1. The zero-order valence-corrected chi connectivity index (χ0v) is 23.3. The average molecular weight is 542 g/mol. The molecule has 4 rings (SSSR count). The van der Waals surface area contributed by atoms with Crippen LogP contribution in [0, 0.1) is 18.3 Å². The van der Waals surface area contributed by atoms with Gasteiger partial charge in [-0.1, -0.05) is 30.3 Å². The molecule has 1 aromatic carbocycles. The highest BCUT2D eigenvalue weighted by atomic mass is 32.2. The summed E-state index contributed by atoms with van der Waals surface area (Å²) in [6.07, 6.45) is 3.16. The molecule has 1 aliphatic heterocycles. The fraction of sp³-hybridized carbons (Fsp3) is 0.481. The van der Waals surface area contributed by atoms with Crippen molar-refractivity contribution in [3.63, 3.8) is 0 Å². The van der Waals surface area contributed by atoms with Gasteiger partial charge >= 0.3 is 5.97 Å². The number of pyridine rings is 1. The lowest BCUT2D eigenvalue weighted by molar-refractivity contribution is -0.158. The Bertz CT molecular complexity index is 1420. The molecule has 0 saturated carbocycles. The van der Waals surface area contributed by atoms with Gasteiger partial charge in [0.05, 0.1) is 30.0 Å². The predicted molar refractivity (Wildman–Crippen MR) is 141 cm³/mol. The van der Waals surface area contributed by atoms with Crippen molar-refractivity contribution >= 4 is 16.0 Å². The van der Waals surface area contributed by atoms with Crippen molar-refractivity contribution in [3.8, 4) is 0 Å². The van der Waals surface area contributed by atoms with Gasteiger partial charge in [-0.05, 0) is 68.9 Å². The van der Waals surface area contributed by atoms with Crippen molar-refractivity contribution < 1.29 is 23.1 Å². The van der Waals surface area contributed by atoms with Crippen LogP contribution in [-0.2, 0) is 45.7 Å². The van der Waals surface area contributed by atoms with Gasteiger partial charge in [-0.3, -0.25) is 14.5 Å². The fourth-order valence-electron chi connectivity index (χ4n) is 4.72. The van der Waals surface area contributed by atoms with E-state index in [4.69, 9.17) is 4.74 Å². The molecule has 10 nitrogen and oxygen atoms in total. The molecule has 2 atom stereocenters. The molecule has 3 heterocycles. The number of aromatic nitrogens is 4. The lowest BCUT2D eigenvalue weighted by Gasteiger charge is -2.31. The Morgan fingerprint density at radius 3 is 2.74 bits per heavy atom. The van der Waals surface area contributed by atoms with E-state index in [1.165, 1.54) is 4.31 Å². The summed E-state index contributed by atoms with van der Waals surface area (Å²) >= 11 is 0. The van der Waals surface area contributed by atoms with E-state index in [0.717, 1.165) is 11.1 Å². The second kappa shape index (κ2) is 10.9. The Kier molecular flexibility index (Phi) is 8.01. The third-order valence-corrected chi connectivity index (χ3v) is 8.95. The molecule has 0 saturated heterocycles. The molecule has 3 aromatic rings. The third-order valence-electron chi connectivity index (χ3n) is 7.06. The van der Waals surface area contributed by atoms with Crippen LogP contribution in [-0.4, -0.2) is 50.3 Å². The van der Waals surface area contributed by atoms with Gasteiger partial charge in [-0.15, -0.1) is 5.10 Å². The van der Waals surface area contributed by atoms with E-state index in [9.17, 15) is 18.3 Å². The first-order chi connectivity index (χ1) is 17.9. The van der Waals surface area contributed by atoms with Crippen LogP contribution in [0.3, 0.4) is 0 Å². The Morgan fingerprint density at radius 1 is 1.29 bits per heavy atom. The van der Waals surface area contributed by atoms with Crippen molar-refractivity contribution in [2.24, 2.45) is 11.3 Å². The van der Waals surface area contributed by atoms with Crippen LogP contribution in [0.4, 0.5) is 0 Å². The van der Waals surface area contributed by atoms with Crippen molar-refractivity contribution in [1.29, 1.82) is 0 Å². The summed E-state index contributed by atoms with van der Waals surface area (Å²) < 4.78 is 36.6. The first-order valence-electron chi connectivity index (χ1n) is 12.7. The quantitative estimate of drug-likeness (QED) is 0.434. The molecule has 0 radical (unpaired) electrons. The van der Waals surface area contributed by atoms with Crippen LogP contribution in [0.15, 0.2) is 47.6 Å². The number of aryl methyl sites for hydroxylation is 2. The SMILES string of the molecule is CCn1cc(COC(c2ccc(C)c(CN3C[C@@H](C)Cc4ncccc4S3(=O)=O)c2)C(C)(C)C(=O)O)nn1. The van der Waals surface area contributed by atoms with E-state index in [0.29, 0.717) is 36.5 Å². The number of sulfonamides is 1. The highest BCUT2D eigenvalue weighted by molar-refractivity contribution is 7.89. The van der Waals surface area contributed by atoms with Gasteiger partial charge in [0.1, 0.15) is 10.6 Å². The molecule has 0 spiro atoms. The van der Waals surface area contributed by atoms with Gasteiger partial charge in [0.25, 0.3) is 0 Å². The van der Waals surface area contributed by atoms with Gasteiger partial charge in [0.15, 0.2) is 0 Å². The normalized spacial score (nSPS) is 18.5. The number of hydrogen-bond acceptors (Lipinski definition) is 7. The molecule has 204 valence electrons. The molecule has 38 heavy (non-hydrogen) atoms. The Morgan fingerprint density at radius 2 is 2.05 bits per heavy atom. The Hall–Kier alpha value is -3.15. The minimum atomic E-state index is -3.76. The molecule has 0 aliphatic carbocycles. The van der Waals surface area contributed by atoms with Gasteiger partial charge in [-0.2, -0.15) is 4.31 Å². The number of carboxylic acids is 1. The minimum absolute atomic E-state index is 0.0861. The van der Waals surface area contributed by atoms with Crippen molar-refractivity contribution in [2.75, 3.05) is 6.54 Å². The first kappa shape index (κ1) is 27.9. The lowest BCUT2D eigenvalue weighted by Crippen LogP contribution is -2.34. The second-order valence-electron chi connectivity index (χ2n) is 10.5. The summed E-state index contributed by atoms with van der Waals surface area (Å²) in [5.74, 6) is -0.919. The first-order valence-corrected chi connectivity index (χ1v) is 14.1. The van der Waals surface area contributed by atoms with Crippen LogP contribution in [0.1, 0.15) is 61.9 Å². The largest absolute Gasteiger partial charge is 0.481 e. The number of carbonyl (C=O) groups is 1. The average Bonchev–Trinajstić information content (AvgIpc) is 3.30. The summed E-state index contributed by atoms with van der Waals surface area (Å²) in [6.45, 7) is 10.4. The maximum absolute atomic E-state index is 13.6. The molecule has 1 aliphatic rings. The number of fused-ring (bicyclic) bond motifs is 1. The maximum atomic E-state index is 13.6. The van der Waals surface area contributed by atoms with E-state index < -0.39 is 27.5 Å². The molecule has 0 bridgehead atoms. The van der Waals surface area contributed by atoms with E-state index in [-0.39, 0.29) is 24.0 Å². The molecule has 1 unspecified atom stereocenters. The van der Waals surface area contributed by atoms with Crippen LogP contribution >= 0.6 is 0 Å². The van der Waals surface area contributed by atoms with Gasteiger partial charge < -0.3 is 9.84 Å². The summed E-state index contributed by atoms with van der Waals surface area (Å²) in [7, 11) is -3.76. The number of benzene rings is 1. The summed E-state index contributed by atoms with van der Waals surface area (Å²) in [5.41, 5.74) is 2.28. The maximum Gasteiger partial charge on any atom is 0.312 e. The highest BCUT2D eigenvalue weighted by Crippen LogP contribution is 2.39.